The minimum Gasteiger partial charge on any atom is -0.493 e. The fourth-order valence-electron chi connectivity index (χ4n) is 4.32. The Morgan fingerprint density at radius 3 is 2.60 bits per heavy atom. The molecule has 1 amide bonds. The van der Waals surface area contributed by atoms with Gasteiger partial charge >= 0.3 is 0 Å². The molecule has 0 N–H and O–H groups in total. The first-order valence-electron chi connectivity index (χ1n) is 9.62. The van der Waals surface area contributed by atoms with Crippen molar-refractivity contribution in [1.29, 1.82) is 0 Å². The van der Waals surface area contributed by atoms with E-state index >= 15 is 0 Å². The van der Waals surface area contributed by atoms with Gasteiger partial charge in [0.15, 0.2) is 0 Å². The molecule has 0 unspecified atom stereocenters. The molecule has 1 aromatic rings. The summed E-state index contributed by atoms with van der Waals surface area (Å²) < 4.78 is 5.83. The van der Waals surface area contributed by atoms with E-state index < -0.39 is 0 Å². The summed E-state index contributed by atoms with van der Waals surface area (Å²) in [5.41, 5.74) is 1.18. The highest BCUT2D eigenvalue weighted by Crippen LogP contribution is 2.28. The Morgan fingerprint density at radius 1 is 1.04 bits per heavy atom. The number of para-hydroxylation sites is 1. The van der Waals surface area contributed by atoms with Gasteiger partial charge in [0.1, 0.15) is 5.75 Å². The number of fused-ring (bicyclic) bond motifs is 1. The van der Waals surface area contributed by atoms with Crippen molar-refractivity contribution in [3.63, 3.8) is 0 Å². The summed E-state index contributed by atoms with van der Waals surface area (Å²) in [6.45, 7) is 4.51. The smallest absolute Gasteiger partial charge is 0.226 e. The monoisotopic (exact) mass is 360 g/mol. The third kappa shape index (κ3) is 3.98. The molecule has 4 nitrogen and oxygen atoms in total. The van der Waals surface area contributed by atoms with Gasteiger partial charge in [-0.15, -0.1) is 0 Å². The van der Waals surface area contributed by atoms with Gasteiger partial charge in [0.2, 0.25) is 5.91 Å². The summed E-state index contributed by atoms with van der Waals surface area (Å²) in [5.74, 6) is 3.95. The Bertz CT molecular complexity index is 595. The molecule has 5 heteroatoms. The number of hydrogen-bond donors (Lipinski definition) is 0. The van der Waals surface area contributed by atoms with E-state index in [1.165, 1.54) is 29.9 Å². The highest BCUT2D eigenvalue weighted by atomic mass is 32.2. The molecule has 2 fully saturated rings. The Labute approximate surface area is 154 Å². The molecule has 1 atom stereocenters. The van der Waals surface area contributed by atoms with E-state index in [0.717, 1.165) is 50.8 Å². The van der Waals surface area contributed by atoms with E-state index in [9.17, 15) is 4.79 Å². The zero-order valence-electron chi connectivity index (χ0n) is 14.9. The van der Waals surface area contributed by atoms with Crippen LogP contribution in [0.3, 0.4) is 0 Å². The number of nitrogens with zero attached hydrogens (tertiary/aromatic N) is 2. The van der Waals surface area contributed by atoms with E-state index in [1.54, 1.807) is 0 Å². The van der Waals surface area contributed by atoms with E-state index in [4.69, 9.17) is 4.74 Å². The third-order valence-electron chi connectivity index (χ3n) is 5.85. The second-order valence-corrected chi connectivity index (χ2v) is 8.58. The van der Waals surface area contributed by atoms with Crippen LogP contribution in [-0.2, 0) is 11.2 Å². The molecule has 0 spiro atoms. The van der Waals surface area contributed by atoms with Crippen molar-refractivity contribution in [2.45, 2.75) is 31.7 Å². The molecule has 3 heterocycles. The van der Waals surface area contributed by atoms with Crippen LogP contribution in [0, 0.1) is 5.92 Å². The first-order chi connectivity index (χ1) is 12.3. The van der Waals surface area contributed by atoms with Crippen molar-refractivity contribution in [2.75, 3.05) is 44.3 Å². The minimum atomic E-state index is 0.0706. The van der Waals surface area contributed by atoms with Crippen LogP contribution in [-0.4, -0.2) is 66.0 Å². The molecule has 3 aliphatic rings. The van der Waals surface area contributed by atoms with Crippen molar-refractivity contribution in [2.24, 2.45) is 5.92 Å². The zero-order chi connectivity index (χ0) is 17.1. The van der Waals surface area contributed by atoms with Crippen LogP contribution < -0.4 is 4.74 Å². The number of benzene rings is 1. The number of carbonyl (C=O) groups is 1. The highest BCUT2D eigenvalue weighted by Gasteiger charge is 2.31. The predicted octanol–water partition coefficient (Wildman–Crippen LogP) is 2.67. The summed E-state index contributed by atoms with van der Waals surface area (Å²) >= 11 is 2.08. The van der Waals surface area contributed by atoms with Gasteiger partial charge in [-0.2, -0.15) is 11.8 Å². The van der Waals surface area contributed by atoms with E-state index in [2.05, 4.69) is 27.6 Å². The molecule has 0 aliphatic carbocycles. The second-order valence-electron chi connectivity index (χ2n) is 7.35. The summed E-state index contributed by atoms with van der Waals surface area (Å²) in [5, 5.41) is 0. The van der Waals surface area contributed by atoms with Crippen LogP contribution in [0.1, 0.15) is 24.8 Å². The van der Waals surface area contributed by atoms with Gasteiger partial charge < -0.3 is 9.64 Å². The van der Waals surface area contributed by atoms with Crippen molar-refractivity contribution in [1.82, 2.24) is 9.80 Å². The van der Waals surface area contributed by atoms with E-state index in [-0.39, 0.29) is 5.92 Å². The van der Waals surface area contributed by atoms with Gasteiger partial charge in [0.05, 0.1) is 6.61 Å². The number of carbonyl (C=O) groups excluding carboxylic acids is 1. The molecule has 4 rings (SSSR count). The van der Waals surface area contributed by atoms with Crippen LogP contribution >= 0.6 is 11.8 Å². The summed E-state index contributed by atoms with van der Waals surface area (Å²) in [6.07, 6.45) is 4.27. The lowest BCUT2D eigenvalue weighted by Gasteiger charge is -2.41. The molecule has 0 aromatic heterocycles. The van der Waals surface area contributed by atoms with Crippen molar-refractivity contribution in [3.05, 3.63) is 29.8 Å². The molecule has 0 bridgehead atoms. The molecule has 3 aliphatic heterocycles. The van der Waals surface area contributed by atoms with Gasteiger partial charge in [0, 0.05) is 38.1 Å². The lowest BCUT2D eigenvalue weighted by molar-refractivity contribution is -0.138. The molecule has 0 saturated carbocycles. The third-order valence-corrected chi connectivity index (χ3v) is 6.89. The molecular weight excluding hydrogens is 332 g/mol. The fourth-order valence-corrected chi connectivity index (χ4v) is 5.40. The maximum absolute atomic E-state index is 13.0. The summed E-state index contributed by atoms with van der Waals surface area (Å²) in [6, 6.07) is 8.90. The number of amides is 1. The van der Waals surface area contributed by atoms with Gasteiger partial charge in [-0.05, 0) is 48.8 Å². The number of hydrogen-bond acceptors (Lipinski definition) is 4. The standard InChI is InChI=1S/C20H28N2O2S/c23-20(17-5-12-24-19-4-2-1-3-16(19)15-17)22-10-8-21(9-11-22)18-6-13-25-14-7-18/h1-4,17-18H,5-15H2/t17-/m1/s1. The maximum Gasteiger partial charge on any atom is 0.226 e. The van der Waals surface area contributed by atoms with Crippen molar-refractivity contribution < 1.29 is 9.53 Å². The number of piperazine rings is 1. The Hall–Kier alpha value is -1.20. The normalized spacial score (nSPS) is 25.8. The summed E-state index contributed by atoms with van der Waals surface area (Å²) in [7, 11) is 0. The molecule has 25 heavy (non-hydrogen) atoms. The van der Waals surface area contributed by atoms with E-state index in [0.29, 0.717) is 12.5 Å². The summed E-state index contributed by atoms with van der Waals surface area (Å²) in [4.78, 5) is 17.8. The topological polar surface area (TPSA) is 32.8 Å². The van der Waals surface area contributed by atoms with E-state index in [1.807, 2.05) is 18.2 Å². The first kappa shape index (κ1) is 17.2. The van der Waals surface area contributed by atoms with Crippen molar-refractivity contribution in [3.8, 4) is 5.75 Å². The Balaban J connectivity index is 1.34. The fraction of sp³-hybridized carbons (Fsp3) is 0.650. The molecule has 136 valence electrons. The Kier molecular flexibility index (Phi) is 5.51. The minimum absolute atomic E-state index is 0.0706. The van der Waals surface area contributed by atoms with Crippen molar-refractivity contribution >= 4 is 17.7 Å². The van der Waals surface area contributed by atoms with Crippen LogP contribution in [0.5, 0.6) is 5.75 Å². The average Bonchev–Trinajstić information content (AvgIpc) is 2.91. The molecular formula is C20H28N2O2S. The van der Waals surface area contributed by atoms with Crippen LogP contribution in [0.2, 0.25) is 0 Å². The largest absolute Gasteiger partial charge is 0.493 e. The van der Waals surface area contributed by atoms with Crippen LogP contribution in [0.4, 0.5) is 0 Å². The Morgan fingerprint density at radius 2 is 1.80 bits per heavy atom. The van der Waals surface area contributed by atoms with Gasteiger partial charge in [-0.1, -0.05) is 18.2 Å². The average molecular weight is 361 g/mol. The highest BCUT2D eigenvalue weighted by molar-refractivity contribution is 7.99. The lowest BCUT2D eigenvalue weighted by Crippen LogP contribution is -2.53. The lowest BCUT2D eigenvalue weighted by atomic mass is 9.95. The molecule has 0 radical (unpaired) electrons. The molecule has 2 saturated heterocycles. The quantitative estimate of drug-likeness (QED) is 0.812. The maximum atomic E-state index is 13.0. The zero-order valence-corrected chi connectivity index (χ0v) is 15.7. The number of ether oxygens (including phenoxy) is 1. The van der Waals surface area contributed by atoms with Crippen LogP contribution in [0.25, 0.3) is 0 Å². The first-order valence-corrected chi connectivity index (χ1v) is 10.8. The van der Waals surface area contributed by atoms with Gasteiger partial charge in [0.25, 0.3) is 0 Å². The SMILES string of the molecule is O=C([C@@H]1CCOc2ccccc2C1)N1CCN(C2CCSCC2)CC1. The van der Waals surface area contributed by atoms with Crippen LogP contribution in [0.15, 0.2) is 24.3 Å². The number of thioether (sulfide) groups is 1. The predicted molar refractivity (Wildman–Crippen MR) is 102 cm³/mol. The molecule has 1 aromatic carbocycles. The van der Waals surface area contributed by atoms with Gasteiger partial charge in [-0.25, -0.2) is 0 Å². The number of rotatable bonds is 2. The van der Waals surface area contributed by atoms with Gasteiger partial charge in [-0.3, -0.25) is 9.69 Å². The second kappa shape index (κ2) is 8.00.